The zero-order valence-electron chi connectivity index (χ0n) is 29.9. The fraction of sp³-hybridized carbons (Fsp3) is 0.622. The number of primary amides is 2. The summed E-state index contributed by atoms with van der Waals surface area (Å²) in [6.45, 7) is 2.53. The zero-order valence-corrected chi connectivity index (χ0v) is 29.9. The first kappa shape index (κ1) is 41.7. The lowest BCUT2D eigenvalue weighted by atomic mass is 10.0. The molecular weight excluding hydrogens is 636 g/mol. The van der Waals surface area contributed by atoms with Gasteiger partial charge in [0.05, 0.1) is 0 Å². The Morgan fingerprint density at radius 1 is 0.700 bits per heavy atom. The van der Waals surface area contributed by atoms with E-state index in [9.17, 15) is 24.0 Å². The molecule has 0 spiro atoms. The number of hydrogen-bond donors (Lipinski definition) is 7. The minimum atomic E-state index is -1.20. The summed E-state index contributed by atoms with van der Waals surface area (Å²) in [7, 11) is 0. The topological polar surface area (TPSA) is 214 Å². The number of benzene rings is 1. The van der Waals surface area contributed by atoms with Gasteiger partial charge >= 0.3 is 0 Å². The van der Waals surface area contributed by atoms with Gasteiger partial charge in [0.2, 0.25) is 29.5 Å². The van der Waals surface area contributed by atoms with Gasteiger partial charge in [0.25, 0.3) is 0 Å². The van der Waals surface area contributed by atoms with Gasteiger partial charge in [-0.1, -0.05) is 114 Å². The molecule has 0 aliphatic heterocycles. The third kappa shape index (κ3) is 18.9. The highest BCUT2D eigenvalue weighted by atomic mass is 16.2. The molecule has 0 fully saturated rings. The molecule has 278 valence electrons. The van der Waals surface area contributed by atoms with E-state index in [2.05, 4.69) is 38.2 Å². The molecule has 5 amide bonds. The Labute approximate surface area is 297 Å². The molecule has 0 saturated heterocycles. The Hall–Kier alpha value is -4.42. The lowest BCUT2D eigenvalue weighted by Crippen LogP contribution is -2.57. The van der Waals surface area contributed by atoms with Gasteiger partial charge in [-0.05, 0) is 24.8 Å². The second-order valence-electron chi connectivity index (χ2n) is 13.0. The molecule has 0 aliphatic rings. The molecule has 2 aromatic rings. The Balaban J connectivity index is 1.91. The van der Waals surface area contributed by atoms with Crippen LogP contribution in [-0.2, 0) is 30.4 Å². The quantitative estimate of drug-likeness (QED) is 0.0617. The number of hydrogen-bond acceptors (Lipinski definition) is 7. The number of carbonyl (C=O) groups excluding carboxylic acids is 5. The Morgan fingerprint density at radius 2 is 1.26 bits per heavy atom. The third-order valence-corrected chi connectivity index (χ3v) is 8.64. The average Bonchev–Trinajstić information content (AvgIpc) is 3.61. The van der Waals surface area contributed by atoms with Crippen LogP contribution in [-0.4, -0.2) is 64.2 Å². The van der Waals surface area contributed by atoms with E-state index in [1.54, 1.807) is 36.7 Å². The number of rotatable bonds is 29. The number of unbranched alkanes of at least 4 members (excludes halogenated alkanes) is 12. The van der Waals surface area contributed by atoms with E-state index in [1.165, 1.54) is 57.8 Å². The number of nitrogens with zero attached hydrogens (tertiary/aromatic N) is 1. The second kappa shape index (κ2) is 25.5. The number of nitrogens with two attached hydrogens (primary N) is 2. The number of anilines is 1. The molecule has 0 unspecified atom stereocenters. The number of nitrogens with one attached hydrogen (secondary N) is 5. The molecule has 0 aliphatic carbocycles. The highest BCUT2D eigenvalue weighted by molar-refractivity contribution is 5.94. The van der Waals surface area contributed by atoms with Crippen LogP contribution in [0.25, 0.3) is 0 Å². The van der Waals surface area contributed by atoms with Crippen molar-refractivity contribution in [2.45, 2.75) is 141 Å². The van der Waals surface area contributed by atoms with Crippen LogP contribution < -0.4 is 32.7 Å². The van der Waals surface area contributed by atoms with Crippen molar-refractivity contribution < 1.29 is 24.0 Å². The number of H-pyrrole nitrogens is 1. The summed E-state index contributed by atoms with van der Waals surface area (Å²) in [5, 5.41) is 11.2. The molecular formula is C37H60N8O5. The van der Waals surface area contributed by atoms with Crippen molar-refractivity contribution in [3.05, 3.63) is 48.3 Å². The van der Waals surface area contributed by atoms with Gasteiger partial charge in [-0.2, -0.15) is 0 Å². The third-order valence-electron chi connectivity index (χ3n) is 8.64. The number of carbonyl (C=O) groups is 5. The molecule has 0 bridgehead atoms. The lowest BCUT2D eigenvalue weighted by molar-refractivity contribution is -0.133. The van der Waals surface area contributed by atoms with Crippen LogP contribution in [0.5, 0.6) is 0 Å². The van der Waals surface area contributed by atoms with Crippen LogP contribution in [0.2, 0.25) is 0 Å². The smallest absolute Gasteiger partial charge is 0.243 e. The Bertz CT molecular complexity index is 1260. The van der Waals surface area contributed by atoms with Crippen LogP contribution in [0, 0.1) is 0 Å². The Morgan fingerprint density at radius 3 is 1.80 bits per heavy atom. The van der Waals surface area contributed by atoms with E-state index >= 15 is 0 Å². The summed E-state index contributed by atoms with van der Waals surface area (Å²) in [6, 6.07) is 5.81. The van der Waals surface area contributed by atoms with Gasteiger partial charge in [-0.3, -0.25) is 24.0 Å². The van der Waals surface area contributed by atoms with Crippen molar-refractivity contribution >= 4 is 35.5 Å². The molecule has 1 aromatic heterocycles. The van der Waals surface area contributed by atoms with Crippen molar-refractivity contribution in [2.75, 3.05) is 11.9 Å². The van der Waals surface area contributed by atoms with Crippen molar-refractivity contribution in [1.82, 2.24) is 25.9 Å². The number of amides is 5. The van der Waals surface area contributed by atoms with Crippen molar-refractivity contribution in [3.63, 3.8) is 0 Å². The first-order valence-electron chi connectivity index (χ1n) is 18.4. The van der Waals surface area contributed by atoms with Gasteiger partial charge in [-0.15, -0.1) is 0 Å². The van der Waals surface area contributed by atoms with Crippen molar-refractivity contribution in [2.24, 2.45) is 11.5 Å². The van der Waals surface area contributed by atoms with Crippen LogP contribution >= 0.6 is 0 Å². The van der Waals surface area contributed by atoms with Crippen LogP contribution in [0.3, 0.4) is 0 Å². The first-order valence-corrected chi connectivity index (χ1v) is 18.4. The summed E-state index contributed by atoms with van der Waals surface area (Å²) >= 11 is 0. The molecule has 0 radical (unpaired) electrons. The van der Waals surface area contributed by atoms with Gasteiger partial charge in [0.1, 0.15) is 18.1 Å². The maximum Gasteiger partial charge on any atom is 0.243 e. The molecule has 1 heterocycles. The van der Waals surface area contributed by atoms with E-state index in [0.717, 1.165) is 24.8 Å². The van der Waals surface area contributed by atoms with Crippen LogP contribution in [0.1, 0.15) is 122 Å². The first-order chi connectivity index (χ1) is 24.2. The van der Waals surface area contributed by atoms with Gasteiger partial charge < -0.3 is 37.7 Å². The minimum absolute atomic E-state index is 0.103. The highest BCUT2D eigenvalue weighted by Gasteiger charge is 2.29. The van der Waals surface area contributed by atoms with Crippen LogP contribution in [0.15, 0.2) is 42.7 Å². The highest BCUT2D eigenvalue weighted by Crippen LogP contribution is 2.13. The molecule has 1 aromatic carbocycles. The number of aromatic nitrogens is 2. The Kier molecular flexibility index (Phi) is 21.3. The molecule has 0 saturated carbocycles. The number of imidazole rings is 1. The second-order valence-corrected chi connectivity index (χ2v) is 13.0. The fourth-order valence-electron chi connectivity index (χ4n) is 5.71. The van der Waals surface area contributed by atoms with E-state index in [4.69, 9.17) is 11.5 Å². The monoisotopic (exact) mass is 696 g/mol. The molecule has 13 heteroatoms. The van der Waals surface area contributed by atoms with E-state index in [0.29, 0.717) is 18.9 Å². The minimum Gasteiger partial charge on any atom is -0.370 e. The normalized spacial score (nSPS) is 12.7. The summed E-state index contributed by atoms with van der Waals surface area (Å²) < 4.78 is 0. The summed E-state index contributed by atoms with van der Waals surface area (Å²) in [6.07, 6.45) is 19.1. The van der Waals surface area contributed by atoms with Gasteiger partial charge in [-0.25, -0.2) is 4.98 Å². The number of aromatic amines is 1. The summed E-state index contributed by atoms with van der Waals surface area (Å²) in [5.74, 6) is -2.45. The SMILES string of the molecule is CCCCCCCCCCCCCCCC(=O)N[C@@H](CCNc1ncc[nH]1)C(=O)N[C@@H](CCC(N)=O)C(=O)N[C@@H](Cc1ccccc1)C(N)=O. The summed E-state index contributed by atoms with van der Waals surface area (Å²) in [5.41, 5.74) is 11.7. The largest absolute Gasteiger partial charge is 0.370 e. The molecule has 13 nitrogen and oxygen atoms in total. The van der Waals surface area contributed by atoms with Crippen molar-refractivity contribution in [3.8, 4) is 0 Å². The van der Waals surface area contributed by atoms with E-state index in [-0.39, 0.29) is 38.0 Å². The maximum absolute atomic E-state index is 13.6. The standard InChI is InChI=1S/C37H60N8O5/c1-2-3-4-5-6-7-8-9-10-11-12-13-17-20-33(47)43-30(23-24-40-37-41-25-26-42-37)36(50)44-29(21-22-32(38)46)35(49)45-31(34(39)48)27-28-18-15-14-16-19-28/h14-16,18-19,25-26,29-31H,2-13,17,20-24,27H2,1H3,(H2,38,46)(H2,39,48)(H,43,47)(H,44,50)(H,45,49)(H2,40,41,42)/t29-,30-,31-/m0/s1. The molecule has 9 N–H and O–H groups in total. The van der Waals surface area contributed by atoms with Crippen LogP contribution in [0.4, 0.5) is 5.95 Å². The predicted octanol–water partition coefficient (Wildman–Crippen LogP) is 4.14. The summed E-state index contributed by atoms with van der Waals surface area (Å²) in [4.78, 5) is 70.7. The van der Waals surface area contributed by atoms with Gasteiger partial charge in [0, 0.05) is 38.2 Å². The average molecular weight is 697 g/mol. The zero-order chi connectivity index (χ0) is 36.4. The fourth-order valence-corrected chi connectivity index (χ4v) is 5.71. The maximum atomic E-state index is 13.6. The van der Waals surface area contributed by atoms with Crippen molar-refractivity contribution in [1.29, 1.82) is 0 Å². The van der Waals surface area contributed by atoms with E-state index < -0.39 is 41.8 Å². The predicted molar refractivity (Wildman–Crippen MR) is 196 cm³/mol. The molecule has 2 rings (SSSR count). The molecule has 3 atom stereocenters. The van der Waals surface area contributed by atoms with Gasteiger partial charge in [0.15, 0.2) is 5.95 Å². The van der Waals surface area contributed by atoms with E-state index in [1.807, 2.05) is 6.07 Å². The lowest BCUT2D eigenvalue weighted by Gasteiger charge is -2.25. The molecule has 50 heavy (non-hydrogen) atoms.